The summed E-state index contributed by atoms with van der Waals surface area (Å²) in [6.45, 7) is 6.65. The molecule has 1 aromatic heterocycles. The number of nitrogens with zero attached hydrogens (tertiary/aromatic N) is 2. The maximum atomic E-state index is 14.4. The lowest BCUT2D eigenvalue weighted by Gasteiger charge is -2.26. The summed E-state index contributed by atoms with van der Waals surface area (Å²) in [7, 11) is 1.58. The van der Waals surface area contributed by atoms with E-state index in [9.17, 15) is 9.50 Å². The van der Waals surface area contributed by atoms with E-state index < -0.39 is 5.82 Å². The Bertz CT molecular complexity index is 1090. The predicted molar refractivity (Wildman–Crippen MR) is 122 cm³/mol. The Balaban J connectivity index is 1.51. The SMILES string of the molecule is COc1c(OCCCN2CCOCC2)ccc2c(Nc3cc(O)c(C)cc3F)ccnc12. The van der Waals surface area contributed by atoms with Crippen molar-refractivity contribution in [1.82, 2.24) is 9.88 Å². The third kappa shape index (κ3) is 4.87. The van der Waals surface area contributed by atoms with Crippen molar-refractivity contribution in [3.05, 3.63) is 47.9 Å². The number of nitrogens with one attached hydrogen (secondary N) is 1. The first-order valence-electron chi connectivity index (χ1n) is 10.7. The molecule has 7 nitrogen and oxygen atoms in total. The van der Waals surface area contributed by atoms with E-state index in [4.69, 9.17) is 14.2 Å². The van der Waals surface area contributed by atoms with Crippen LogP contribution in [0.15, 0.2) is 36.5 Å². The molecule has 1 aliphatic rings. The number of phenols is 1. The predicted octanol–water partition coefficient (Wildman–Crippen LogP) is 4.24. The van der Waals surface area contributed by atoms with Crippen molar-refractivity contribution >= 4 is 22.3 Å². The molecule has 1 fully saturated rings. The number of phenolic OH excluding ortho intramolecular Hbond substituents is 1. The molecular weight excluding hydrogens is 413 g/mol. The van der Waals surface area contributed by atoms with Crippen LogP contribution in [0.4, 0.5) is 15.8 Å². The number of aryl methyl sites for hydroxylation is 1. The highest BCUT2D eigenvalue weighted by molar-refractivity contribution is 5.97. The number of ether oxygens (including phenoxy) is 3. The minimum absolute atomic E-state index is 0.0256. The summed E-state index contributed by atoms with van der Waals surface area (Å²) in [4.78, 5) is 6.83. The van der Waals surface area contributed by atoms with E-state index in [0.717, 1.165) is 44.7 Å². The van der Waals surface area contributed by atoms with Gasteiger partial charge in [-0.05, 0) is 43.2 Å². The number of pyridine rings is 1. The second kappa shape index (κ2) is 10.0. The Morgan fingerprint density at radius 3 is 2.78 bits per heavy atom. The van der Waals surface area contributed by atoms with Gasteiger partial charge in [0.15, 0.2) is 11.5 Å². The largest absolute Gasteiger partial charge is 0.508 e. The number of aromatic hydroxyl groups is 1. The van der Waals surface area contributed by atoms with E-state index in [-0.39, 0.29) is 11.4 Å². The van der Waals surface area contributed by atoms with Gasteiger partial charge in [0.05, 0.1) is 32.6 Å². The van der Waals surface area contributed by atoms with Gasteiger partial charge in [0.2, 0.25) is 0 Å². The highest BCUT2D eigenvalue weighted by atomic mass is 19.1. The Kier molecular flexibility index (Phi) is 6.92. The fourth-order valence-electron chi connectivity index (χ4n) is 3.79. The lowest BCUT2D eigenvalue weighted by molar-refractivity contribution is 0.0357. The molecule has 4 rings (SSSR count). The number of fused-ring (bicyclic) bond motifs is 1. The van der Waals surface area contributed by atoms with Crippen molar-refractivity contribution in [2.24, 2.45) is 0 Å². The molecule has 3 aromatic rings. The average Bonchev–Trinajstić information content (AvgIpc) is 2.80. The van der Waals surface area contributed by atoms with Crippen LogP contribution in [0.2, 0.25) is 0 Å². The molecule has 32 heavy (non-hydrogen) atoms. The van der Waals surface area contributed by atoms with Crippen LogP contribution in [0.5, 0.6) is 17.2 Å². The first-order chi connectivity index (χ1) is 15.6. The summed E-state index contributed by atoms with van der Waals surface area (Å²) >= 11 is 0. The van der Waals surface area contributed by atoms with Crippen molar-refractivity contribution in [2.45, 2.75) is 13.3 Å². The normalized spacial score (nSPS) is 14.5. The van der Waals surface area contributed by atoms with Crippen LogP contribution < -0.4 is 14.8 Å². The number of hydrogen-bond donors (Lipinski definition) is 2. The third-order valence-corrected chi connectivity index (χ3v) is 5.57. The average molecular weight is 442 g/mol. The first kappa shape index (κ1) is 22.1. The molecule has 2 heterocycles. The van der Waals surface area contributed by atoms with E-state index >= 15 is 0 Å². The van der Waals surface area contributed by atoms with Crippen molar-refractivity contribution in [3.63, 3.8) is 0 Å². The number of rotatable bonds is 8. The van der Waals surface area contributed by atoms with Gasteiger partial charge in [-0.15, -0.1) is 0 Å². The van der Waals surface area contributed by atoms with Crippen molar-refractivity contribution < 1.29 is 23.7 Å². The quantitative estimate of drug-likeness (QED) is 0.507. The summed E-state index contributed by atoms with van der Waals surface area (Å²) in [5, 5.41) is 13.8. The highest BCUT2D eigenvalue weighted by Gasteiger charge is 2.15. The van der Waals surface area contributed by atoms with E-state index in [1.165, 1.54) is 12.1 Å². The molecule has 0 atom stereocenters. The molecule has 0 spiro atoms. The van der Waals surface area contributed by atoms with Gasteiger partial charge in [-0.25, -0.2) is 4.39 Å². The monoisotopic (exact) mass is 441 g/mol. The maximum absolute atomic E-state index is 14.4. The van der Waals surface area contributed by atoms with Crippen LogP contribution in [-0.4, -0.2) is 61.6 Å². The Labute approximate surface area is 186 Å². The van der Waals surface area contributed by atoms with Gasteiger partial charge < -0.3 is 24.6 Å². The molecule has 170 valence electrons. The lowest BCUT2D eigenvalue weighted by Crippen LogP contribution is -2.37. The van der Waals surface area contributed by atoms with Crippen LogP contribution in [0.25, 0.3) is 10.9 Å². The van der Waals surface area contributed by atoms with Gasteiger partial charge in [0.1, 0.15) is 17.1 Å². The first-order valence-corrected chi connectivity index (χ1v) is 10.7. The van der Waals surface area contributed by atoms with Gasteiger partial charge in [-0.2, -0.15) is 0 Å². The number of aromatic nitrogens is 1. The van der Waals surface area contributed by atoms with Gasteiger partial charge in [-0.1, -0.05) is 0 Å². The van der Waals surface area contributed by atoms with Gasteiger partial charge in [0.25, 0.3) is 0 Å². The highest BCUT2D eigenvalue weighted by Crippen LogP contribution is 2.38. The van der Waals surface area contributed by atoms with E-state index in [1.54, 1.807) is 26.3 Å². The number of morpholine rings is 1. The van der Waals surface area contributed by atoms with Crippen LogP contribution >= 0.6 is 0 Å². The maximum Gasteiger partial charge on any atom is 0.187 e. The Hall–Kier alpha value is -3.10. The fourth-order valence-corrected chi connectivity index (χ4v) is 3.79. The van der Waals surface area contributed by atoms with Crippen molar-refractivity contribution in [1.29, 1.82) is 0 Å². The molecule has 0 unspecified atom stereocenters. The molecule has 0 bridgehead atoms. The zero-order valence-electron chi connectivity index (χ0n) is 18.4. The second-order valence-corrected chi connectivity index (χ2v) is 7.75. The van der Waals surface area contributed by atoms with Crippen LogP contribution in [0, 0.1) is 12.7 Å². The van der Waals surface area contributed by atoms with Gasteiger partial charge >= 0.3 is 0 Å². The Morgan fingerprint density at radius 1 is 1.19 bits per heavy atom. The van der Waals surface area contributed by atoms with Crippen LogP contribution in [0.1, 0.15) is 12.0 Å². The molecule has 0 aliphatic carbocycles. The minimum atomic E-state index is -0.447. The summed E-state index contributed by atoms with van der Waals surface area (Å²) in [5.41, 5.74) is 1.92. The molecule has 2 aromatic carbocycles. The minimum Gasteiger partial charge on any atom is -0.508 e. The number of halogens is 1. The van der Waals surface area contributed by atoms with Crippen molar-refractivity contribution in [2.75, 3.05) is 51.9 Å². The van der Waals surface area contributed by atoms with Crippen LogP contribution in [0.3, 0.4) is 0 Å². The molecule has 0 amide bonds. The molecule has 1 saturated heterocycles. The number of methoxy groups -OCH3 is 1. The lowest BCUT2D eigenvalue weighted by atomic mass is 10.1. The number of anilines is 2. The standard InChI is InChI=1S/C24H28FN3O4/c1-16-14-18(25)20(15-21(16)29)27-19-6-7-26-23-17(19)4-5-22(24(23)30-2)32-11-3-8-28-9-12-31-13-10-28/h4-7,14-15,29H,3,8-13H2,1-2H3,(H,26,27). The molecule has 1 aliphatic heterocycles. The topological polar surface area (TPSA) is 76.1 Å². The summed E-state index contributed by atoms with van der Waals surface area (Å²) in [5.74, 6) is 0.727. The summed E-state index contributed by atoms with van der Waals surface area (Å²) in [6, 6.07) is 8.13. The summed E-state index contributed by atoms with van der Waals surface area (Å²) < 4.78 is 31.4. The second-order valence-electron chi connectivity index (χ2n) is 7.75. The third-order valence-electron chi connectivity index (χ3n) is 5.57. The zero-order chi connectivity index (χ0) is 22.5. The fraction of sp³-hybridized carbons (Fsp3) is 0.375. The number of benzene rings is 2. The van der Waals surface area contributed by atoms with E-state index in [2.05, 4.69) is 15.2 Å². The molecule has 0 saturated carbocycles. The molecule has 2 N–H and O–H groups in total. The smallest absolute Gasteiger partial charge is 0.187 e. The molecule has 8 heteroatoms. The molecular formula is C24H28FN3O4. The van der Waals surface area contributed by atoms with Gasteiger partial charge in [-0.3, -0.25) is 9.88 Å². The van der Waals surface area contributed by atoms with Gasteiger partial charge in [0, 0.05) is 43.0 Å². The van der Waals surface area contributed by atoms with Crippen molar-refractivity contribution in [3.8, 4) is 17.2 Å². The zero-order valence-corrected chi connectivity index (χ0v) is 18.4. The summed E-state index contributed by atoms with van der Waals surface area (Å²) in [6.07, 6.45) is 2.52. The van der Waals surface area contributed by atoms with E-state index in [0.29, 0.717) is 34.9 Å². The van der Waals surface area contributed by atoms with Crippen LogP contribution in [-0.2, 0) is 4.74 Å². The number of hydrogen-bond acceptors (Lipinski definition) is 7. The Morgan fingerprint density at radius 2 is 2.00 bits per heavy atom. The molecule has 0 radical (unpaired) electrons. The van der Waals surface area contributed by atoms with E-state index in [1.807, 2.05) is 12.1 Å².